The molecule has 1 rings (SSSR count). The maximum absolute atomic E-state index is 6.09. The monoisotopic (exact) mass is 286 g/mol. The number of anilines is 2. The highest BCUT2D eigenvalue weighted by Gasteiger charge is 2.13. The third-order valence-electron chi connectivity index (χ3n) is 2.49. The third kappa shape index (κ3) is 2.61. The number of methoxy groups -OCH3 is 1. The molecule has 0 atom stereocenters. The van der Waals surface area contributed by atoms with Gasteiger partial charge in [-0.05, 0) is 40.4 Å². The summed E-state index contributed by atoms with van der Waals surface area (Å²) in [4.78, 5) is 0. The molecule has 1 aromatic carbocycles. The number of halogens is 1. The van der Waals surface area contributed by atoms with Crippen molar-refractivity contribution in [1.82, 2.24) is 0 Å². The Bertz CT molecular complexity index is 367. The average molecular weight is 287 g/mol. The number of nitrogens with two attached hydrogens (primary N) is 1. The quantitative estimate of drug-likeness (QED) is 0.816. The van der Waals surface area contributed by atoms with Crippen molar-refractivity contribution in [2.75, 3.05) is 24.7 Å². The van der Waals surface area contributed by atoms with Gasteiger partial charge in [0.05, 0.1) is 12.8 Å². The molecule has 0 aliphatic carbocycles. The number of nitrogens with one attached hydrogen (secondary N) is 1. The second-order valence-corrected chi connectivity index (χ2v) is 4.41. The minimum Gasteiger partial charge on any atom is -0.494 e. The van der Waals surface area contributed by atoms with E-state index in [1.807, 2.05) is 6.07 Å². The SMILES string of the molecule is CCCNc1c(OC)cc(CC)c(Br)c1N. The van der Waals surface area contributed by atoms with Gasteiger partial charge in [-0.15, -0.1) is 0 Å². The summed E-state index contributed by atoms with van der Waals surface area (Å²) in [5.41, 5.74) is 8.86. The van der Waals surface area contributed by atoms with Crippen LogP contribution < -0.4 is 15.8 Å². The van der Waals surface area contributed by atoms with Crippen molar-refractivity contribution < 1.29 is 4.74 Å². The summed E-state index contributed by atoms with van der Waals surface area (Å²) >= 11 is 3.53. The van der Waals surface area contributed by atoms with E-state index >= 15 is 0 Å². The number of benzene rings is 1. The summed E-state index contributed by atoms with van der Waals surface area (Å²) in [6.45, 7) is 5.10. The van der Waals surface area contributed by atoms with Crippen molar-refractivity contribution in [3.63, 3.8) is 0 Å². The van der Waals surface area contributed by atoms with Crippen LogP contribution >= 0.6 is 15.9 Å². The van der Waals surface area contributed by atoms with E-state index in [9.17, 15) is 0 Å². The third-order valence-corrected chi connectivity index (χ3v) is 3.43. The smallest absolute Gasteiger partial charge is 0.144 e. The Hall–Kier alpha value is -0.900. The van der Waals surface area contributed by atoms with Crippen molar-refractivity contribution in [1.29, 1.82) is 0 Å². The molecule has 1 aromatic rings. The molecule has 0 fully saturated rings. The fourth-order valence-electron chi connectivity index (χ4n) is 1.56. The summed E-state index contributed by atoms with van der Waals surface area (Å²) in [5, 5.41) is 3.29. The number of nitrogen functional groups attached to an aromatic ring is 1. The lowest BCUT2D eigenvalue weighted by atomic mass is 10.1. The van der Waals surface area contributed by atoms with Crippen LogP contribution in [0.15, 0.2) is 10.5 Å². The second-order valence-electron chi connectivity index (χ2n) is 3.62. The van der Waals surface area contributed by atoms with Gasteiger partial charge in [0.1, 0.15) is 11.4 Å². The van der Waals surface area contributed by atoms with Gasteiger partial charge in [-0.2, -0.15) is 0 Å². The van der Waals surface area contributed by atoms with Gasteiger partial charge in [0.25, 0.3) is 0 Å². The highest BCUT2D eigenvalue weighted by Crippen LogP contribution is 2.39. The minimum absolute atomic E-state index is 0.727. The highest BCUT2D eigenvalue weighted by atomic mass is 79.9. The Morgan fingerprint density at radius 2 is 2.12 bits per heavy atom. The molecular formula is C12H19BrN2O. The minimum atomic E-state index is 0.727. The molecule has 0 bridgehead atoms. The normalized spacial score (nSPS) is 10.2. The summed E-state index contributed by atoms with van der Waals surface area (Å²) in [7, 11) is 1.67. The van der Waals surface area contributed by atoms with Crippen molar-refractivity contribution >= 4 is 27.3 Å². The van der Waals surface area contributed by atoms with Gasteiger partial charge in [0.2, 0.25) is 0 Å². The molecule has 0 saturated carbocycles. The van der Waals surface area contributed by atoms with Gasteiger partial charge in [0.15, 0.2) is 0 Å². The summed E-state index contributed by atoms with van der Waals surface area (Å²) in [6.07, 6.45) is 1.98. The first-order chi connectivity index (χ1) is 7.65. The van der Waals surface area contributed by atoms with Crippen molar-refractivity contribution in [2.45, 2.75) is 26.7 Å². The molecule has 0 amide bonds. The number of hydrogen-bond donors (Lipinski definition) is 2. The van der Waals surface area contributed by atoms with Crippen LogP contribution in [-0.4, -0.2) is 13.7 Å². The predicted molar refractivity (Wildman–Crippen MR) is 73.3 cm³/mol. The van der Waals surface area contributed by atoms with Crippen molar-refractivity contribution in [3.05, 3.63) is 16.1 Å². The van der Waals surface area contributed by atoms with Gasteiger partial charge in [-0.25, -0.2) is 0 Å². The van der Waals surface area contributed by atoms with E-state index in [0.717, 1.165) is 46.5 Å². The van der Waals surface area contributed by atoms with Crippen LogP contribution in [0.5, 0.6) is 5.75 Å². The maximum atomic E-state index is 6.09. The van der Waals surface area contributed by atoms with Gasteiger partial charge < -0.3 is 15.8 Å². The van der Waals surface area contributed by atoms with Crippen LogP contribution in [-0.2, 0) is 6.42 Å². The molecule has 0 radical (unpaired) electrons. The Morgan fingerprint density at radius 3 is 2.62 bits per heavy atom. The second kappa shape index (κ2) is 5.99. The van der Waals surface area contributed by atoms with Crippen LogP contribution in [0.2, 0.25) is 0 Å². The van der Waals surface area contributed by atoms with E-state index in [-0.39, 0.29) is 0 Å². The van der Waals surface area contributed by atoms with Gasteiger partial charge >= 0.3 is 0 Å². The Morgan fingerprint density at radius 1 is 1.44 bits per heavy atom. The Labute approximate surface area is 105 Å². The van der Waals surface area contributed by atoms with E-state index in [1.54, 1.807) is 7.11 Å². The zero-order valence-corrected chi connectivity index (χ0v) is 11.6. The predicted octanol–water partition coefficient (Wildman–Crippen LogP) is 3.42. The van der Waals surface area contributed by atoms with Crippen LogP contribution in [0.25, 0.3) is 0 Å². The summed E-state index contributed by atoms with van der Waals surface area (Å²) in [5.74, 6) is 0.811. The fourth-order valence-corrected chi connectivity index (χ4v) is 2.15. The largest absolute Gasteiger partial charge is 0.494 e. The Kier molecular flexibility index (Phi) is 4.93. The molecule has 3 N–H and O–H groups in total. The molecule has 0 aliphatic rings. The first-order valence-corrected chi connectivity index (χ1v) is 6.33. The lowest BCUT2D eigenvalue weighted by Gasteiger charge is -2.16. The topological polar surface area (TPSA) is 47.3 Å². The Balaban J connectivity index is 3.18. The standard InChI is InChI=1S/C12H19BrN2O/c1-4-6-15-12-9(16-3)7-8(5-2)10(13)11(12)14/h7,15H,4-6,14H2,1-3H3. The lowest BCUT2D eigenvalue weighted by molar-refractivity contribution is 0.416. The molecular weight excluding hydrogens is 268 g/mol. The summed E-state index contributed by atoms with van der Waals surface area (Å²) in [6, 6.07) is 2.03. The average Bonchev–Trinajstić information content (AvgIpc) is 2.31. The first kappa shape index (κ1) is 13.2. The van der Waals surface area contributed by atoms with Gasteiger partial charge in [-0.3, -0.25) is 0 Å². The van der Waals surface area contributed by atoms with Crippen LogP contribution in [0.1, 0.15) is 25.8 Å². The molecule has 0 spiro atoms. The number of ether oxygens (including phenoxy) is 1. The number of hydrogen-bond acceptors (Lipinski definition) is 3. The van der Waals surface area contributed by atoms with Crippen molar-refractivity contribution in [3.8, 4) is 5.75 Å². The molecule has 4 heteroatoms. The molecule has 0 aromatic heterocycles. The van der Waals surface area contributed by atoms with E-state index in [4.69, 9.17) is 10.5 Å². The number of aryl methyl sites for hydroxylation is 1. The van der Waals surface area contributed by atoms with E-state index in [0.29, 0.717) is 0 Å². The first-order valence-electron chi connectivity index (χ1n) is 5.54. The highest BCUT2D eigenvalue weighted by molar-refractivity contribution is 9.10. The molecule has 0 aliphatic heterocycles. The molecule has 16 heavy (non-hydrogen) atoms. The molecule has 0 heterocycles. The lowest BCUT2D eigenvalue weighted by Crippen LogP contribution is -2.07. The van der Waals surface area contributed by atoms with E-state index in [1.165, 1.54) is 0 Å². The maximum Gasteiger partial charge on any atom is 0.144 e. The molecule has 3 nitrogen and oxygen atoms in total. The van der Waals surface area contributed by atoms with E-state index < -0.39 is 0 Å². The number of rotatable bonds is 5. The summed E-state index contributed by atoms with van der Waals surface area (Å²) < 4.78 is 6.32. The van der Waals surface area contributed by atoms with Crippen LogP contribution in [0, 0.1) is 0 Å². The van der Waals surface area contributed by atoms with Gasteiger partial charge in [0, 0.05) is 11.0 Å². The fraction of sp³-hybridized carbons (Fsp3) is 0.500. The molecule has 0 saturated heterocycles. The van der Waals surface area contributed by atoms with Gasteiger partial charge in [-0.1, -0.05) is 13.8 Å². The zero-order chi connectivity index (χ0) is 12.1. The van der Waals surface area contributed by atoms with Crippen molar-refractivity contribution in [2.24, 2.45) is 0 Å². The molecule has 0 unspecified atom stereocenters. The van der Waals surface area contributed by atoms with Crippen LogP contribution in [0.3, 0.4) is 0 Å². The van der Waals surface area contributed by atoms with E-state index in [2.05, 4.69) is 35.1 Å². The van der Waals surface area contributed by atoms with Crippen LogP contribution in [0.4, 0.5) is 11.4 Å². The molecule has 90 valence electrons. The zero-order valence-electron chi connectivity index (χ0n) is 10.1.